The first-order valence-electron chi connectivity index (χ1n) is 9.04. The van der Waals surface area contributed by atoms with Crippen molar-refractivity contribution in [1.82, 2.24) is 15.1 Å². The Kier molecular flexibility index (Phi) is 5.86. The standard InChI is InChI=1S/C21H27N3O3/c1-15-5-8-17(9-6-15)18(23(2)3)12-22-21(25)24(4)13-16-7-10-19-20(11-16)27-14-26-19/h5-11,18H,12-14H2,1-4H3,(H,22,25). The molecule has 1 aliphatic rings. The van der Waals surface area contributed by atoms with Gasteiger partial charge >= 0.3 is 6.03 Å². The van der Waals surface area contributed by atoms with E-state index in [0.29, 0.717) is 13.1 Å². The number of hydrogen-bond acceptors (Lipinski definition) is 4. The lowest BCUT2D eigenvalue weighted by Crippen LogP contribution is -2.41. The summed E-state index contributed by atoms with van der Waals surface area (Å²) in [5.41, 5.74) is 3.41. The van der Waals surface area contributed by atoms with Gasteiger partial charge in [-0.1, -0.05) is 35.9 Å². The van der Waals surface area contributed by atoms with Crippen LogP contribution in [0.2, 0.25) is 0 Å². The Morgan fingerprint density at radius 3 is 2.48 bits per heavy atom. The van der Waals surface area contributed by atoms with Gasteiger partial charge in [0.1, 0.15) is 0 Å². The Labute approximate surface area is 160 Å². The number of amides is 2. The molecule has 1 heterocycles. The number of ether oxygens (including phenoxy) is 2. The quantitative estimate of drug-likeness (QED) is 0.850. The highest BCUT2D eigenvalue weighted by molar-refractivity contribution is 5.74. The molecule has 1 unspecified atom stereocenters. The molecule has 2 aromatic carbocycles. The van der Waals surface area contributed by atoms with Crippen molar-refractivity contribution in [3.8, 4) is 11.5 Å². The van der Waals surface area contributed by atoms with Crippen LogP contribution < -0.4 is 14.8 Å². The molecular formula is C21H27N3O3. The average molecular weight is 369 g/mol. The normalized spacial score (nSPS) is 13.5. The number of likely N-dealkylation sites (N-methyl/N-ethyl adjacent to an activating group) is 1. The van der Waals surface area contributed by atoms with Crippen molar-refractivity contribution in [3.63, 3.8) is 0 Å². The van der Waals surface area contributed by atoms with E-state index in [9.17, 15) is 4.79 Å². The second-order valence-electron chi connectivity index (χ2n) is 7.12. The Morgan fingerprint density at radius 1 is 1.07 bits per heavy atom. The largest absolute Gasteiger partial charge is 0.454 e. The summed E-state index contributed by atoms with van der Waals surface area (Å²) in [4.78, 5) is 16.3. The van der Waals surface area contributed by atoms with E-state index in [1.54, 1.807) is 11.9 Å². The number of carbonyl (C=O) groups excluding carboxylic acids is 1. The average Bonchev–Trinajstić information content (AvgIpc) is 3.10. The number of aryl methyl sites for hydroxylation is 1. The highest BCUT2D eigenvalue weighted by atomic mass is 16.7. The molecule has 2 aromatic rings. The number of fused-ring (bicyclic) bond motifs is 1. The van der Waals surface area contributed by atoms with E-state index in [1.807, 2.05) is 32.3 Å². The van der Waals surface area contributed by atoms with E-state index >= 15 is 0 Å². The maximum absolute atomic E-state index is 12.5. The molecule has 0 spiro atoms. The summed E-state index contributed by atoms with van der Waals surface area (Å²) < 4.78 is 10.7. The summed E-state index contributed by atoms with van der Waals surface area (Å²) in [6, 6.07) is 14.2. The summed E-state index contributed by atoms with van der Waals surface area (Å²) >= 11 is 0. The number of benzene rings is 2. The third kappa shape index (κ3) is 4.71. The van der Waals surface area contributed by atoms with Crippen molar-refractivity contribution in [2.24, 2.45) is 0 Å². The van der Waals surface area contributed by atoms with Gasteiger partial charge in [-0.2, -0.15) is 0 Å². The van der Waals surface area contributed by atoms with Crippen molar-refractivity contribution in [3.05, 3.63) is 59.2 Å². The fourth-order valence-electron chi connectivity index (χ4n) is 3.09. The number of nitrogens with zero attached hydrogens (tertiary/aromatic N) is 2. The molecule has 6 nitrogen and oxygen atoms in total. The van der Waals surface area contributed by atoms with E-state index < -0.39 is 0 Å². The monoisotopic (exact) mass is 369 g/mol. The molecular weight excluding hydrogens is 342 g/mol. The molecule has 0 aliphatic carbocycles. The summed E-state index contributed by atoms with van der Waals surface area (Å²) in [5.74, 6) is 1.48. The molecule has 0 saturated carbocycles. The van der Waals surface area contributed by atoms with E-state index in [-0.39, 0.29) is 18.9 Å². The highest BCUT2D eigenvalue weighted by Crippen LogP contribution is 2.32. The second-order valence-corrected chi connectivity index (χ2v) is 7.12. The molecule has 0 fully saturated rings. The molecule has 1 N–H and O–H groups in total. The van der Waals surface area contributed by atoms with Crippen LogP contribution in [0, 0.1) is 6.92 Å². The fraction of sp³-hybridized carbons (Fsp3) is 0.381. The van der Waals surface area contributed by atoms with E-state index in [2.05, 4.69) is 41.4 Å². The zero-order valence-corrected chi connectivity index (χ0v) is 16.4. The van der Waals surface area contributed by atoms with Gasteiger partial charge in [0.25, 0.3) is 0 Å². The van der Waals surface area contributed by atoms with Gasteiger partial charge in [0.05, 0.1) is 6.04 Å². The summed E-state index contributed by atoms with van der Waals surface area (Å²) in [7, 11) is 5.83. The van der Waals surface area contributed by atoms with Crippen LogP contribution in [0.15, 0.2) is 42.5 Å². The molecule has 27 heavy (non-hydrogen) atoms. The van der Waals surface area contributed by atoms with E-state index in [1.165, 1.54) is 11.1 Å². The summed E-state index contributed by atoms with van der Waals surface area (Å²) in [5, 5.41) is 3.04. The minimum atomic E-state index is -0.105. The maximum atomic E-state index is 12.5. The lowest BCUT2D eigenvalue weighted by molar-refractivity contribution is 0.174. The minimum Gasteiger partial charge on any atom is -0.454 e. The van der Waals surface area contributed by atoms with E-state index in [0.717, 1.165) is 17.1 Å². The van der Waals surface area contributed by atoms with E-state index in [4.69, 9.17) is 9.47 Å². The third-order valence-electron chi connectivity index (χ3n) is 4.74. The summed E-state index contributed by atoms with van der Waals surface area (Å²) in [6.07, 6.45) is 0. The molecule has 6 heteroatoms. The first kappa shape index (κ1) is 19.0. The van der Waals surface area contributed by atoms with Crippen LogP contribution in [0.4, 0.5) is 4.79 Å². The molecule has 0 radical (unpaired) electrons. The van der Waals surface area contributed by atoms with Crippen LogP contribution in [-0.2, 0) is 6.54 Å². The highest BCUT2D eigenvalue weighted by Gasteiger charge is 2.18. The van der Waals surface area contributed by atoms with Gasteiger partial charge < -0.3 is 24.6 Å². The van der Waals surface area contributed by atoms with Gasteiger partial charge in [-0.3, -0.25) is 0 Å². The number of urea groups is 1. The fourth-order valence-corrected chi connectivity index (χ4v) is 3.09. The number of rotatable bonds is 6. The number of nitrogens with one attached hydrogen (secondary N) is 1. The van der Waals surface area contributed by atoms with Crippen LogP contribution in [-0.4, -0.2) is 50.3 Å². The van der Waals surface area contributed by atoms with Crippen molar-refractivity contribution in [1.29, 1.82) is 0 Å². The topological polar surface area (TPSA) is 54.0 Å². The number of carbonyl (C=O) groups is 1. The van der Waals surface area contributed by atoms with Crippen molar-refractivity contribution < 1.29 is 14.3 Å². The predicted molar refractivity (Wildman–Crippen MR) is 105 cm³/mol. The number of hydrogen-bond donors (Lipinski definition) is 1. The molecule has 1 aliphatic heterocycles. The van der Waals surface area contributed by atoms with Crippen LogP contribution >= 0.6 is 0 Å². The van der Waals surface area contributed by atoms with Gasteiger partial charge in [0, 0.05) is 20.1 Å². The molecule has 0 saturated heterocycles. The molecule has 0 bridgehead atoms. The Morgan fingerprint density at radius 2 is 1.78 bits per heavy atom. The van der Waals surface area contributed by atoms with Crippen molar-refractivity contribution in [2.75, 3.05) is 34.5 Å². The lowest BCUT2D eigenvalue weighted by atomic mass is 10.0. The van der Waals surface area contributed by atoms with Gasteiger partial charge in [0.15, 0.2) is 11.5 Å². The van der Waals surface area contributed by atoms with Gasteiger partial charge in [0.2, 0.25) is 6.79 Å². The maximum Gasteiger partial charge on any atom is 0.317 e. The molecule has 1 atom stereocenters. The Hall–Kier alpha value is -2.73. The van der Waals surface area contributed by atoms with Crippen LogP contribution in [0.1, 0.15) is 22.7 Å². The van der Waals surface area contributed by atoms with Gasteiger partial charge in [-0.25, -0.2) is 4.79 Å². The molecule has 2 amide bonds. The Bertz CT molecular complexity index is 790. The predicted octanol–water partition coefficient (Wildman–Crippen LogP) is 3.17. The zero-order valence-electron chi connectivity index (χ0n) is 16.4. The minimum absolute atomic E-state index is 0.105. The smallest absolute Gasteiger partial charge is 0.317 e. The molecule has 0 aromatic heterocycles. The SMILES string of the molecule is Cc1ccc(C(CNC(=O)N(C)Cc2ccc3c(c2)OCO3)N(C)C)cc1. The van der Waals surface area contributed by atoms with Crippen LogP contribution in [0.3, 0.4) is 0 Å². The summed E-state index contributed by atoms with van der Waals surface area (Å²) in [6.45, 7) is 3.36. The molecule has 3 rings (SSSR count). The first-order chi connectivity index (χ1) is 12.9. The lowest BCUT2D eigenvalue weighted by Gasteiger charge is -2.27. The second kappa shape index (κ2) is 8.31. The first-order valence-corrected chi connectivity index (χ1v) is 9.04. The third-order valence-corrected chi connectivity index (χ3v) is 4.74. The molecule has 144 valence electrons. The van der Waals surface area contributed by atoms with Crippen LogP contribution in [0.25, 0.3) is 0 Å². The van der Waals surface area contributed by atoms with Crippen LogP contribution in [0.5, 0.6) is 11.5 Å². The van der Waals surface area contributed by atoms with Gasteiger partial charge in [-0.15, -0.1) is 0 Å². The van der Waals surface area contributed by atoms with Crippen molar-refractivity contribution in [2.45, 2.75) is 19.5 Å². The van der Waals surface area contributed by atoms with Crippen molar-refractivity contribution >= 4 is 6.03 Å². The zero-order chi connectivity index (χ0) is 19.4. The van der Waals surface area contributed by atoms with Gasteiger partial charge in [-0.05, 0) is 44.3 Å². The Balaban J connectivity index is 1.57.